The normalized spacial score (nSPS) is 30.2. The van der Waals surface area contributed by atoms with Gasteiger partial charge in [-0.25, -0.2) is 0 Å². The summed E-state index contributed by atoms with van der Waals surface area (Å²) in [5.41, 5.74) is 0. The van der Waals surface area contributed by atoms with Gasteiger partial charge in [0.2, 0.25) is 6.29 Å². The predicted molar refractivity (Wildman–Crippen MR) is 67.6 cm³/mol. The lowest BCUT2D eigenvalue weighted by atomic mass is 10.0. The van der Waals surface area contributed by atoms with Crippen molar-refractivity contribution in [2.75, 3.05) is 13.7 Å². The average Bonchev–Trinajstić information content (AvgIpc) is 2.46. The van der Waals surface area contributed by atoms with Crippen LogP contribution in [0.15, 0.2) is 30.3 Å². The summed E-state index contributed by atoms with van der Waals surface area (Å²) in [7, 11) is 1.00. The van der Waals surface area contributed by atoms with Crippen molar-refractivity contribution in [3.8, 4) is 5.75 Å². The molecule has 108 valence electrons. The maximum atomic E-state index is 9.61. The fraction of sp³-hybridized carbons (Fsp3) is 0.538. The van der Waals surface area contributed by atoms with Gasteiger partial charge in [0, 0.05) is 13.5 Å². The summed E-state index contributed by atoms with van der Waals surface area (Å²) in [5, 5.41) is 35.1. The number of hydrogen-bond donors (Lipinski definition) is 4. The highest BCUT2D eigenvalue weighted by Crippen LogP contribution is 2.23. The predicted octanol–water partition coefficient (Wildman–Crippen LogP) is -0.497. The van der Waals surface area contributed by atoms with Gasteiger partial charge >= 0.3 is 0 Å². The van der Waals surface area contributed by atoms with Crippen LogP contribution < -0.4 is 4.74 Å². The largest absolute Gasteiger partial charge is 0.465 e. The molecular weight excluding hydrogens is 252 g/mol. The molecule has 19 heavy (non-hydrogen) atoms. The monoisotopic (exact) mass is 272 g/mol. The van der Waals surface area contributed by atoms with Crippen molar-refractivity contribution in [2.45, 2.75) is 31.0 Å². The van der Waals surface area contributed by atoms with E-state index in [1.54, 1.807) is 12.1 Å². The Morgan fingerprint density at radius 3 is 2.42 bits per heavy atom. The zero-order valence-electron chi connectivity index (χ0n) is 10.7. The third-order valence-electron chi connectivity index (χ3n) is 2.73. The molecule has 0 aromatic heterocycles. The molecule has 1 saturated heterocycles. The van der Waals surface area contributed by atoms with Crippen molar-refractivity contribution in [1.29, 1.82) is 0 Å². The van der Waals surface area contributed by atoms with E-state index in [4.69, 9.17) is 19.7 Å². The molecule has 1 aliphatic heterocycles. The first-order chi connectivity index (χ1) is 9.20. The van der Waals surface area contributed by atoms with Crippen LogP contribution in [0.3, 0.4) is 0 Å². The van der Waals surface area contributed by atoms with Crippen LogP contribution in [-0.2, 0) is 4.74 Å². The summed E-state index contributed by atoms with van der Waals surface area (Å²) < 4.78 is 10.8. The number of benzene rings is 1. The zero-order valence-corrected chi connectivity index (χ0v) is 10.7. The van der Waals surface area contributed by atoms with Gasteiger partial charge in [0.05, 0.1) is 12.7 Å². The van der Waals surface area contributed by atoms with Crippen LogP contribution in [0.5, 0.6) is 5.75 Å². The maximum Gasteiger partial charge on any atom is 0.202 e. The zero-order chi connectivity index (χ0) is 14.3. The highest BCUT2D eigenvalue weighted by atomic mass is 16.7. The molecular formula is C13H20O6. The molecule has 1 heterocycles. The number of hydrogen-bond acceptors (Lipinski definition) is 6. The number of para-hydroxylation sites is 1. The Kier molecular flexibility index (Phi) is 6.75. The van der Waals surface area contributed by atoms with E-state index in [9.17, 15) is 10.2 Å². The van der Waals surface area contributed by atoms with Crippen LogP contribution in [0.4, 0.5) is 0 Å². The topological polar surface area (TPSA) is 99.4 Å². The Morgan fingerprint density at radius 2 is 1.84 bits per heavy atom. The van der Waals surface area contributed by atoms with Crippen LogP contribution in [0, 0.1) is 0 Å². The van der Waals surface area contributed by atoms with Crippen LogP contribution in [-0.4, -0.2) is 58.7 Å². The molecule has 1 unspecified atom stereocenters. The first kappa shape index (κ1) is 15.9. The Balaban J connectivity index is 0.000000861. The molecule has 4 N–H and O–H groups in total. The molecule has 6 nitrogen and oxygen atoms in total. The average molecular weight is 272 g/mol. The van der Waals surface area contributed by atoms with Gasteiger partial charge in [0.1, 0.15) is 18.0 Å². The minimum absolute atomic E-state index is 0.173. The molecule has 1 fully saturated rings. The van der Waals surface area contributed by atoms with Gasteiger partial charge in [-0.05, 0) is 12.1 Å². The van der Waals surface area contributed by atoms with E-state index in [1.807, 2.05) is 18.2 Å². The van der Waals surface area contributed by atoms with E-state index >= 15 is 0 Å². The molecule has 0 bridgehead atoms. The fourth-order valence-electron chi connectivity index (χ4n) is 1.79. The second-order valence-corrected chi connectivity index (χ2v) is 4.01. The Labute approximate surface area is 111 Å². The summed E-state index contributed by atoms with van der Waals surface area (Å²) in [4.78, 5) is 0. The lowest BCUT2D eigenvalue weighted by Gasteiger charge is -2.36. The molecule has 0 spiro atoms. The van der Waals surface area contributed by atoms with Crippen molar-refractivity contribution in [3.05, 3.63) is 30.3 Å². The Bertz CT molecular complexity index is 344. The first-order valence-corrected chi connectivity index (χ1v) is 5.99. The van der Waals surface area contributed by atoms with Gasteiger partial charge in [-0.1, -0.05) is 18.2 Å². The van der Waals surface area contributed by atoms with Gasteiger partial charge in [0.25, 0.3) is 0 Å². The smallest absolute Gasteiger partial charge is 0.202 e. The summed E-state index contributed by atoms with van der Waals surface area (Å²) in [6, 6.07) is 9.06. The lowest BCUT2D eigenvalue weighted by Crippen LogP contribution is -2.51. The SMILES string of the molecule is CO.OCC1O[C@@H](Oc2ccccc2)C[C@@H](O)[C@@H]1O. The molecule has 0 amide bonds. The van der Waals surface area contributed by atoms with Gasteiger partial charge in [-0.15, -0.1) is 0 Å². The summed E-state index contributed by atoms with van der Waals surface area (Å²) >= 11 is 0. The van der Waals surface area contributed by atoms with E-state index in [1.165, 1.54) is 0 Å². The minimum Gasteiger partial charge on any atom is -0.465 e. The highest BCUT2D eigenvalue weighted by Gasteiger charge is 2.37. The summed E-state index contributed by atoms with van der Waals surface area (Å²) in [6.45, 7) is -0.354. The number of aliphatic hydroxyl groups excluding tert-OH is 4. The first-order valence-electron chi connectivity index (χ1n) is 5.99. The maximum absolute atomic E-state index is 9.61. The quantitative estimate of drug-likeness (QED) is 0.592. The van der Waals surface area contributed by atoms with E-state index in [2.05, 4.69) is 0 Å². The fourth-order valence-corrected chi connectivity index (χ4v) is 1.79. The van der Waals surface area contributed by atoms with Crippen molar-refractivity contribution in [1.82, 2.24) is 0 Å². The van der Waals surface area contributed by atoms with Crippen LogP contribution in [0.25, 0.3) is 0 Å². The van der Waals surface area contributed by atoms with Crippen molar-refractivity contribution in [3.63, 3.8) is 0 Å². The van der Waals surface area contributed by atoms with Crippen LogP contribution in [0.2, 0.25) is 0 Å². The second-order valence-electron chi connectivity index (χ2n) is 4.01. The number of rotatable bonds is 3. The van der Waals surface area contributed by atoms with E-state index < -0.39 is 24.6 Å². The van der Waals surface area contributed by atoms with Gasteiger partial charge < -0.3 is 29.9 Å². The molecule has 4 atom stereocenters. The van der Waals surface area contributed by atoms with E-state index in [0.29, 0.717) is 5.75 Å². The number of ether oxygens (including phenoxy) is 2. The van der Waals surface area contributed by atoms with Crippen molar-refractivity contribution < 1.29 is 29.9 Å². The molecule has 1 aromatic carbocycles. The second kappa shape index (κ2) is 8.08. The van der Waals surface area contributed by atoms with Crippen molar-refractivity contribution in [2.24, 2.45) is 0 Å². The summed E-state index contributed by atoms with van der Waals surface area (Å²) in [6.07, 6.45) is -3.32. The molecule has 1 aliphatic rings. The van der Waals surface area contributed by atoms with Gasteiger partial charge in [-0.3, -0.25) is 0 Å². The Hall–Kier alpha value is -1.18. The molecule has 0 aliphatic carbocycles. The van der Waals surface area contributed by atoms with Gasteiger partial charge in [-0.2, -0.15) is 0 Å². The summed E-state index contributed by atoms with van der Waals surface area (Å²) in [5.74, 6) is 0.623. The standard InChI is InChI=1S/C12H16O5.CH4O/c13-7-10-12(15)9(14)6-11(17-10)16-8-4-2-1-3-5-8;1-2/h1-5,9-15H,6-7H2;2H,1H3/t9-,10?,11-,12+;/m1./s1. The lowest BCUT2D eigenvalue weighted by molar-refractivity contribution is -0.229. The minimum atomic E-state index is -1.07. The highest BCUT2D eigenvalue weighted by molar-refractivity contribution is 5.21. The molecule has 1 aromatic rings. The Morgan fingerprint density at radius 1 is 1.21 bits per heavy atom. The third kappa shape index (κ3) is 4.45. The van der Waals surface area contributed by atoms with Crippen molar-refractivity contribution >= 4 is 0 Å². The van der Waals surface area contributed by atoms with E-state index in [-0.39, 0.29) is 13.0 Å². The van der Waals surface area contributed by atoms with Crippen LogP contribution >= 0.6 is 0 Å². The molecule has 6 heteroatoms. The number of aliphatic hydroxyl groups is 4. The van der Waals surface area contributed by atoms with Crippen LogP contribution in [0.1, 0.15) is 6.42 Å². The third-order valence-corrected chi connectivity index (χ3v) is 2.73. The van der Waals surface area contributed by atoms with Gasteiger partial charge in [0.15, 0.2) is 0 Å². The molecule has 2 rings (SSSR count). The van der Waals surface area contributed by atoms with E-state index in [0.717, 1.165) is 7.11 Å². The molecule has 0 radical (unpaired) electrons. The molecule has 0 saturated carbocycles.